The lowest BCUT2D eigenvalue weighted by Crippen LogP contribution is -2.24. The second kappa shape index (κ2) is 9.62. The Labute approximate surface area is 90.1 Å². The fourth-order valence-electron chi connectivity index (χ4n) is 1.32. The van der Waals surface area contributed by atoms with Crippen molar-refractivity contribution in [2.75, 3.05) is 32.3 Å². The second-order valence-electron chi connectivity index (χ2n) is 3.38. The van der Waals surface area contributed by atoms with Crippen molar-refractivity contribution >= 4 is 10.8 Å². The molecule has 0 spiro atoms. The summed E-state index contributed by atoms with van der Waals surface area (Å²) in [4.78, 5) is 0. The van der Waals surface area contributed by atoms with Crippen LogP contribution in [-0.4, -0.2) is 42.5 Å². The Balaban J connectivity index is 3.38. The minimum Gasteiger partial charge on any atom is -0.384 e. The summed E-state index contributed by atoms with van der Waals surface area (Å²) in [6.07, 6.45) is 3.29. The van der Waals surface area contributed by atoms with Crippen LogP contribution in [0.25, 0.3) is 0 Å². The monoisotopic (exact) mass is 221 g/mol. The van der Waals surface area contributed by atoms with Crippen molar-refractivity contribution < 1.29 is 8.95 Å². The summed E-state index contributed by atoms with van der Waals surface area (Å²) >= 11 is 0. The molecule has 0 fully saturated rings. The highest BCUT2D eigenvalue weighted by Gasteiger charge is 2.04. The minimum absolute atomic E-state index is 0.578. The van der Waals surface area contributed by atoms with E-state index in [0.717, 1.165) is 25.0 Å². The Hall–Kier alpha value is 0.0700. The molecule has 0 rings (SSSR count). The van der Waals surface area contributed by atoms with Gasteiger partial charge < -0.3 is 10.1 Å². The standard InChI is InChI=1S/C10H23NO2S/c1-4-10(11-2)6-5-8-14(12)9-7-13-3/h10-11H,4-9H2,1-3H3. The molecule has 0 saturated heterocycles. The molecule has 4 heteroatoms. The highest BCUT2D eigenvalue weighted by molar-refractivity contribution is 7.84. The van der Waals surface area contributed by atoms with Gasteiger partial charge in [0.05, 0.1) is 6.61 Å². The van der Waals surface area contributed by atoms with Crippen LogP contribution < -0.4 is 5.32 Å². The maximum Gasteiger partial charge on any atom is 0.0577 e. The van der Waals surface area contributed by atoms with Gasteiger partial charge >= 0.3 is 0 Å². The zero-order chi connectivity index (χ0) is 10.8. The quantitative estimate of drug-likeness (QED) is 0.635. The van der Waals surface area contributed by atoms with Crippen LogP contribution in [0.15, 0.2) is 0 Å². The van der Waals surface area contributed by atoms with Gasteiger partial charge in [-0.15, -0.1) is 0 Å². The van der Waals surface area contributed by atoms with Gasteiger partial charge in [-0.1, -0.05) is 6.92 Å². The average molecular weight is 221 g/mol. The molecular weight excluding hydrogens is 198 g/mol. The van der Waals surface area contributed by atoms with E-state index >= 15 is 0 Å². The Morgan fingerprint density at radius 1 is 1.43 bits per heavy atom. The number of nitrogens with one attached hydrogen (secondary N) is 1. The molecule has 0 radical (unpaired) electrons. The van der Waals surface area contributed by atoms with E-state index in [4.69, 9.17) is 4.74 Å². The normalized spacial score (nSPS) is 15.4. The zero-order valence-corrected chi connectivity index (χ0v) is 10.4. The number of methoxy groups -OCH3 is 1. The Kier molecular flexibility index (Phi) is 9.67. The van der Waals surface area contributed by atoms with Gasteiger partial charge in [0.25, 0.3) is 0 Å². The summed E-state index contributed by atoms with van der Waals surface area (Å²) in [5.41, 5.74) is 0. The molecule has 3 nitrogen and oxygen atoms in total. The fraction of sp³-hybridized carbons (Fsp3) is 1.00. The molecule has 0 bridgehead atoms. The van der Waals surface area contributed by atoms with Crippen LogP contribution in [0.4, 0.5) is 0 Å². The van der Waals surface area contributed by atoms with Crippen LogP contribution in [-0.2, 0) is 15.5 Å². The summed E-state index contributed by atoms with van der Waals surface area (Å²) in [5, 5.41) is 3.24. The topological polar surface area (TPSA) is 38.3 Å². The molecule has 2 unspecified atom stereocenters. The molecule has 0 aromatic carbocycles. The van der Waals surface area contributed by atoms with E-state index in [0.29, 0.717) is 18.4 Å². The maximum absolute atomic E-state index is 11.4. The molecule has 0 aromatic rings. The molecule has 2 atom stereocenters. The summed E-state index contributed by atoms with van der Waals surface area (Å²) in [6.45, 7) is 2.78. The number of hydrogen-bond donors (Lipinski definition) is 1. The van der Waals surface area contributed by atoms with Crippen molar-refractivity contribution in [1.82, 2.24) is 5.32 Å². The molecule has 86 valence electrons. The third kappa shape index (κ3) is 7.47. The molecule has 0 heterocycles. The lowest BCUT2D eigenvalue weighted by Gasteiger charge is -2.12. The van der Waals surface area contributed by atoms with Gasteiger partial charge in [0.2, 0.25) is 0 Å². The first-order valence-electron chi connectivity index (χ1n) is 5.25. The van der Waals surface area contributed by atoms with Crippen LogP contribution in [0.3, 0.4) is 0 Å². The van der Waals surface area contributed by atoms with E-state index < -0.39 is 10.8 Å². The first kappa shape index (κ1) is 14.1. The van der Waals surface area contributed by atoms with Crippen LogP contribution in [0.2, 0.25) is 0 Å². The van der Waals surface area contributed by atoms with E-state index in [1.807, 2.05) is 7.05 Å². The Morgan fingerprint density at radius 2 is 2.14 bits per heavy atom. The Morgan fingerprint density at radius 3 is 2.64 bits per heavy atom. The number of hydrogen-bond acceptors (Lipinski definition) is 3. The first-order valence-corrected chi connectivity index (χ1v) is 6.74. The second-order valence-corrected chi connectivity index (χ2v) is 5.07. The summed E-state index contributed by atoms with van der Waals surface area (Å²) in [7, 11) is 2.93. The van der Waals surface area contributed by atoms with E-state index in [1.54, 1.807) is 7.11 Å². The minimum atomic E-state index is -0.693. The van der Waals surface area contributed by atoms with Crippen LogP contribution in [0.5, 0.6) is 0 Å². The maximum atomic E-state index is 11.4. The van der Waals surface area contributed by atoms with Crippen molar-refractivity contribution in [2.45, 2.75) is 32.2 Å². The lowest BCUT2D eigenvalue weighted by molar-refractivity contribution is 0.218. The van der Waals surface area contributed by atoms with Crippen molar-refractivity contribution in [3.63, 3.8) is 0 Å². The van der Waals surface area contributed by atoms with Crippen LogP contribution >= 0.6 is 0 Å². The molecule has 0 saturated carbocycles. The van der Waals surface area contributed by atoms with Gasteiger partial charge in [-0.25, -0.2) is 0 Å². The van der Waals surface area contributed by atoms with E-state index in [2.05, 4.69) is 12.2 Å². The van der Waals surface area contributed by atoms with Gasteiger partial charge in [-0.2, -0.15) is 0 Å². The van der Waals surface area contributed by atoms with Crippen molar-refractivity contribution in [2.24, 2.45) is 0 Å². The predicted molar refractivity (Wildman–Crippen MR) is 62.1 cm³/mol. The Bertz CT molecular complexity index is 149. The molecular formula is C10H23NO2S. The van der Waals surface area contributed by atoms with Crippen molar-refractivity contribution in [1.29, 1.82) is 0 Å². The molecule has 0 aliphatic heterocycles. The molecule has 14 heavy (non-hydrogen) atoms. The summed E-state index contributed by atoms with van der Waals surface area (Å²) in [5.74, 6) is 1.48. The summed E-state index contributed by atoms with van der Waals surface area (Å²) < 4.78 is 16.2. The van der Waals surface area contributed by atoms with Gasteiger partial charge in [0.1, 0.15) is 0 Å². The van der Waals surface area contributed by atoms with Gasteiger partial charge in [0, 0.05) is 35.5 Å². The zero-order valence-electron chi connectivity index (χ0n) is 9.54. The van der Waals surface area contributed by atoms with E-state index in [1.165, 1.54) is 0 Å². The SMILES string of the molecule is CCC(CCCS(=O)CCOC)NC. The predicted octanol–water partition coefficient (Wildman–Crippen LogP) is 1.16. The van der Waals surface area contributed by atoms with Gasteiger partial charge in [0.15, 0.2) is 0 Å². The molecule has 1 N–H and O–H groups in total. The summed E-state index contributed by atoms with van der Waals surface area (Å²) in [6, 6.07) is 0.578. The third-order valence-electron chi connectivity index (χ3n) is 2.34. The van der Waals surface area contributed by atoms with Gasteiger partial charge in [-0.3, -0.25) is 4.21 Å². The highest BCUT2D eigenvalue weighted by Crippen LogP contribution is 2.02. The van der Waals surface area contributed by atoms with Crippen LogP contribution in [0, 0.1) is 0 Å². The third-order valence-corrected chi connectivity index (χ3v) is 3.71. The number of rotatable bonds is 9. The first-order chi connectivity index (χ1) is 6.74. The van der Waals surface area contributed by atoms with E-state index in [9.17, 15) is 4.21 Å². The van der Waals surface area contributed by atoms with Crippen molar-refractivity contribution in [3.8, 4) is 0 Å². The number of ether oxygens (including phenoxy) is 1. The molecule has 0 aliphatic rings. The molecule has 0 amide bonds. The smallest absolute Gasteiger partial charge is 0.0577 e. The molecule has 0 aromatic heterocycles. The van der Waals surface area contributed by atoms with Crippen molar-refractivity contribution in [3.05, 3.63) is 0 Å². The average Bonchev–Trinajstić information content (AvgIpc) is 2.21. The fourth-order valence-corrected chi connectivity index (χ4v) is 2.37. The van der Waals surface area contributed by atoms with E-state index in [-0.39, 0.29) is 0 Å². The largest absolute Gasteiger partial charge is 0.384 e. The van der Waals surface area contributed by atoms with Gasteiger partial charge in [-0.05, 0) is 26.3 Å². The highest BCUT2D eigenvalue weighted by atomic mass is 32.2. The molecule has 0 aliphatic carbocycles. The van der Waals surface area contributed by atoms with Crippen LogP contribution in [0.1, 0.15) is 26.2 Å². The lowest BCUT2D eigenvalue weighted by atomic mass is 10.1.